The van der Waals surface area contributed by atoms with Crippen LogP contribution in [-0.2, 0) is 9.59 Å². The summed E-state index contributed by atoms with van der Waals surface area (Å²) in [7, 11) is 0. The summed E-state index contributed by atoms with van der Waals surface area (Å²) in [5, 5.41) is 6.78. The van der Waals surface area contributed by atoms with Gasteiger partial charge in [0.1, 0.15) is 11.8 Å². The van der Waals surface area contributed by atoms with Crippen LogP contribution in [0.4, 0.5) is 0 Å². The van der Waals surface area contributed by atoms with Crippen LogP contribution in [0.1, 0.15) is 43.0 Å². The zero-order valence-corrected chi connectivity index (χ0v) is 16.8. The number of nitrogens with zero attached hydrogens (tertiary/aromatic N) is 2. The molecule has 0 radical (unpaired) electrons. The number of halogens is 1. The fourth-order valence-electron chi connectivity index (χ4n) is 4.17. The molecule has 8 heteroatoms. The molecule has 1 saturated heterocycles. The molecular weight excluding hydrogens is 392 g/mol. The topological polar surface area (TPSA) is 93.3 Å². The lowest BCUT2D eigenvalue weighted by molar-refractivity contribution is -0.913. The third kappa shape index (κ3) is 4.21. The number of hydrogen-bond acceptors (Lipinski definition) is 4. The first-order valence-corrected chi connectivity index (χ1v) is 10.2. The van der Waals surface area contributed by atoms with Crippen molar-refractivity contribution in [3.05, 3.63) is 59.0 Å². The molecule has 1 aromatic carbocycles. The largest absolute Gasteiger partial charge is 0.467 e. The minimum atomic E-state index is -0.345. The summed E-state index contributed by atoms with van der Waals surface area (Å²) in [4.78, 5) is 25.9. The molecule has 2 aliphatic rings. The van der Waals surface area contributed by atoms with E-state index in [0.29, 0.717) is 17.2 Å². The highest BCUT2D eigenvalue weighted by Gasteiger charge is 2.39. The van der Waals surface area contributed by atoms with Crippen LogP contribution in [0.25, 0.3) is 0 Å². The quantitative estimate of drug-likeness (QED) is 0.775. The van der Waals surface area contributed by atoms with Gasteiger partial charge in [-0.25, -0.2) is 5.01 Å². The fraction of sp³-hybridized carbons (Fsp3) is 0.381. The Balaban J connectivity index is 1.58. The molecule has 1 aromatic heterocycles. The summed E-state index contributed by atoms with van der Waals surface area (Å²) in [5.74, 6) is 0.200. The maximum Gasteiger partial charge on any atom is 0.298 e. The summed E-state index contributed by atoms with van der Waals surface area (Å²) in [5.41, 5.74) is 7.28. The Hall–Kier alpha value is -2.64. The van der Waals surface area contributed by atoms with E-state index in [0.717, 1.165) is 42.0 Å². The summed E-state index contributed by atoms with van der Waals surface area (Å²) in [6, 6.07) is 10.4. The van der Waals surface area contributed by atoms with Gasteiger partial charge in [0.25, 0.3) is 11.8 Å². The molecule has 2 aromatic rings. The highest BCUT2D eigenvalue weighted by Crippen LogP contribution is 2.33. The first kappa shape index (κ1) is 19.7. The van der Waals surface area contributed by atoms with Crippen LogP contribution in [0, 0.1) is 0 Å². The second kappa shape index (κ2) is 8.39. The molecule has 3 heterocycles. The van der Waals surface area contributed by atoms with E-state index in [-0.39, 0.29) is 30.4 Å². The molecule has 0 spiro atoms. The van der Waals surface area contributed by atoms with Gasteiger partial charge < -0.3 is 15.1 Å². The standard InChI is InChI=1S/C21H23ClN4O3/c22-15-8-6-14(7-9-15)16-12-18(19-5-3-11-29-19)26(24-16)20(27)13-25-10-2-1-4-17(25)21(23)28/h3,5-9,11,17-18H,1-2,4,10,12-13H2,(H2,23,28)/p+1/t17-,18+/m0/s1. The predicted molar refractivity (Wildman–Crippen MR) is 108 cm³/mol. The molecule has 0 aliphatic carbocycles. The number of amides is 2. The van der Waals surface area contributed by atoms with Gasteiger partial charge in [0, 0.05) is 17.9 Å². The van der Waals surface area contributed by atoms with Gasteiger partial charge in [-0.15, -0.1) is 0 Å². The molecule has 4 rings (SSSR count). The van der Waals surface area contributed by atoms with Gasteiger partial charge in [-0.05, 0) is 42.7 Å². The van der Waals surface area contributed by atoms with Crippen molar-refractivity contribution in [3.8, 4) is 0 Å². The highest BCUT2D eigenvalue weighted by atomic mass is 35.5. The van der Waals surface area contributed by atoms with Crippen LogP contribution < -0.4 is 10.6 Å². The number of primary amides is 1. The molecule has 0 bridgehead atoms. The fourth-order valence-corrected chi connectivity index (χ4v) is 4.29. The van der Waals surface area contributed by atoms with Crippen LogP contribution >= 0.6 is 11.6 Å². The molecule has 152 valence electrons. The third-order valence-corrected chi connectivity index (χ3v) is 5.92. The first-order valence-electron chi connectivity index (χ1n) is 9.85. The van der Waals surface area contributed by atoms with Gasteiger partial charge >= 0.3 is 0 Å². The Bertz CT molecular complexity index is 911. The van der Waals surface area contributed by atoms with Crippen LogP contribution in [0.5, 0.6) is 0 Å². The number of nitrogens with one attached hydrogen (secondary N) is 1. The molecule has 29 heavy (non-hydrogen) atoms. The summed E-state index contributed by atoms with van der Waals surface area (Å²) in [6.45, 7) is 0.939. The number of carbonyl (C=O) groups excluding carboxylic acids is 2. The molecular formula is C21H24ClN4O3+. The SMILES string of the molecule is NC(=O)[C@@H]1CCCC[NH+]1CC(=O)N1N=C(c2ccc(Cl)cc2)C[C@@H]1c1ccco1. The lowest BCUT2D eigenvalue weighted by atomic mass is 10.0. The van der Waals surface area contributed by atoms with Gasteiger partial charge in [-0.1, -0.05) is 23.7 Å². The second-order valence-corrected chi connectivity index (χ2v) is 8.00. The highest BCUT2D eigenvalue weighted by molar-refractivity contribution is 6.30. The van der Waals surface area contributed by atoms with Gasteiger partial charge in [0.15, 0.2) is 12.6 Å². The number of hydrazone groups is 1. The van der Waals surface area contributed by atoms with Crippen molar-refractivity contribution in [1.29, 1.82) is 0 Å². The minimum absolute atomic E-state index is 0.140. The van der Waals surface area contributed by atoms with Crippen molar-refractivity contribution in [3.63, 3.8) is 0 Å². The second-order valence-electron chi connectivity index (χ2n) is 7.56. The zero-order valence-electron chi connectivity index (χ0n) is 16.0. The molecule has 3 N–H and O–H groups in total. The average molecular weight is 416 g/mol. The van der Waals surface area contributed by atoms with Gasteiger partial charge in [-0.2, -0.15) is 5.10 Å². The number of nitrogens with two attached hydrogens (primary N) is 1. The number of piperidine rings is 1. The molecule has 7 nitrogen and oxygen atoms in total. The zero-order chi connectivity index (χ0) is 20.4. The van der Waals surface area contributed by atoms with E-state index >= 15 is 0 Å². The van der Waals surface area contributed by atoms with Gasteiger partial charge in [0.2, 0.25) is 0 Å². The van der Waals surface area contributed by atoms with Crippen molar-refractivity contribution in [1.82, 2.24) is 5.01 Å². The lowest BCUT2D eigenvalue weighted by Gasteiger charge is -2.31. The Morgan fingerprint density at radius 2 is 2.03 bits per heavy atom. The van der Waals surface area contributed by atoms with Crippen molar-refractivity contribution < 1.29 is 18.9 Å². The monoisotopic (exact) mass is 415 g/mol. The van der Waals surface area contributed by atoms with Crippen LogP contribution in [0.2, 0.25) is 5.02 Å². The number of quaternary nitrogens is 1. The number of furan rings is 1. The Morgan fingerprint density at radius 3 is 2.72 bits per heavy atom. The number of hydrogen-bond donors (Lipinski definition) is 2. The van der Waals surface area contributed by atoms with Crippen molar-refractivity contribution in [2.75, 3.05) is 13.1 Å². The Kier molecular flexibility index (Phi) is 5.69. The van der Waals surface area contributed by atoms with E-state index in [1.54, 1.807) is 24.5 Å². The van der Waals surface area contributed by atoms with E-state index in [4.69, 9.17) is 21.8 Å². The molecule has 2 amide bonds. The molecule has 3 atom stereocenters. The van der Waals surface area contributed by atoms with Crippen LogP contribution in [-0.4, -0.2) is 41.7 Å². The average Bonchev–Trinajstić information content (AvgIpc) is 3.38. The van der Waals surface area contributed by atoms with Gasteiger partial charge in [-0.3, -0.25) is 9.59 Å². The number of likely N-dealkylation sites (tertiary alicyclic amines) is 1. The Morgan fingerprint density at radius 1 is 1.24 bits per heavy atom. The minimum Gasteiger partial charge on any atom is -0.467 e. The first-order chi connectivity index (χ1) is 14.0. The van der Waals surface area contributed by atoms with E-state index in [1.165, 1.54) is 5.01 Å². The predicted octanol–water partition coefficient (Wildman–Crippen LogP) is 1.53. The van der Waals surface area contributed by atoms with Crippen LogP contribution in [0.15, 0.2) is 52.2 Å². The maximum atomic E-state index is 13.2. The molecule has 2 aliphatic heterocycles. The van der Waals surface area contributed by atoms with Crippen molar-refractivity contribution >= 4 is 29.1 Å². The molecule has 1 fully saturated rings. The summed E-state index contributed by atoms with van der Waals surface area (Å²) < 4.78 is 5.58. The van der Waals surface area contributed by atoms with Crippen molar-refractivity contribution in [2.24, 2.45) is 10.8 Å². The van der Waals surface area contributed by atoms with E-state index in [2.05, 4.69) is 5.10 Å². The number of rotatable bonds is 5. The molecule has 0 saturated carbocycles. The lowest BCUT2D eigenvalue weighted by Crippen LogP contribution is -3.18. The normalized spacial score (nSPS) is 24.4. The van der Waals surface area contributed by atoms with E-state index in [1.807, 2.05) is 18.2 Å². The van der Waals surface area contributed by atoms with Crippen LogP contribution in [0.3, 0.4) is 0 Å². The maximum absolute atomic E-state index is 13.2. The summed E-state index contributed by atoms with van der Waals surface area (Å²) >= 11 is 6.00. The third-order valence-electron chi connectivity index (χ3n) is 5.67. The van der Waals surface area contributed by atoms with Gasteiger partial charge in [0.05, 0.1) is 18.5 Å². The smallest absolute Gasteiger partial charge is 0.298 e. The number of carbonyl (C=O) groups is 2. The Labute approximate surface area is 174 Å². The van der Waals surface area contributed by atoms with Crippen molar-refractivity contribution in [2.45, 2.75) is 37.8 Å². The molecule has 1 unspecified atom stereocenters. The van der Waals surface area contributed by atoms with E-state index in [9.17, 15) is 9.59 Å². The number of benzene rings is 1. The van der Waals surface area contributed by atoms with E-state index < -0.39 is 0 Å². The summed E-state index contributed by atoms with van der Waals surface area (Å²) in [6.07, 6.45) is 4.81.